The molecular weight excluding hydrogens is 550 g/mol. The summed E-state index contributed by atoms with van der Waals surface area (Å²) in [7, 11) is 0. The second-order valence-electron chi connectivity index (χ2n) is 9.05. The van der Waals surface area contributed by atoms with Crippen molar-refractivity contribution in [3.05, 3.63) is 130 Å². The van der Waals surface area contributed by atoms with Gasteiger partial charge in [-0.15, -0.1) is 11.3 Å². The van der Waals surface area contributed by atoms with Crippen LogP contribution >= 0.6 is 34.3 Å². The summed E-state index contributed by atoms with van der Waals surface area (Å²) in [4.78, 5) is 33.6. The lowest BCUT2D eigenvalue weighted by Crippen LogP contribution is -2.40. The van der Waals surface area contributed by atoms with Crippen LogP contribution in [-0.2, 0) is 4.79 Å². The van der Waals surface area contributed by atoms with E-state index in [0.29, 0.717) is 37.1 Å². The molecular formula is C30H22ClN3O3S2. The van der Waals surface area contributed by atoms with Crippen molar-refractivity contribution in [1.29, 1.82) is 0 Å². The summed E-state index contributed by atoms with van der Waals surface area (Å²) in [5.41, 5.74) is 3.23. The van der Waals surface area contributed by atoms with Crippen molar-refractivity contribution in [3.8, 4) is 11.3 Å². The number of nitrogens with one attached hydrogen (secondary N) is 1. The summed E-state index contributed by atoms with van der Waals surface area (Å²) in [5, 5.41) is 5.55. The molecule has 4 heterocycles. The first-order valence-electron chi connectivity index (χ1n) is 12.2. The highest BCUT2D eigenvalue weighted by molar-refractivity contribution is 7.10. The molecule has 1 aliphatic heterocycles. The van der Waals surface area contributed by atoms with Crippen LogP contribution in [0.4, 0.5) is 5.69 Å². The normalized spacial score (nSPS) is 15.3. The minimum Gasteiger partial charge on any atom is -0.457 e. The minimum absolute atomic E-state index is 0.235. The van der Waals surface area contributed by atoms with Crippen molar-refractivity contribution in [2.45, 2.75) is 19.9 Å². The minimum atomic E-state index is -0.595. The van der Waals surface area contributed by atoms with Crippen molar-refractivity contribution >= 4 is 51.9 Å². The number of anilines is 1. The van der Waals surface area contributed by atoms with E-state index in [9.17, 15) is 9.59 Å². The van der Waals surface area contributed by atoms with E-state index in [2.05, 4.69) is 5.32 Å². The van der Waals surface area contributed by atoms with Crippen molar-refractivity contribution in [2.24, 2.45) is 4.99 Å². The maximum absolute atomic E-state index is 13.8. The molecule has 2 aromatic carbocycles. The van der Waals surface area contributed by atoms with Crippen LogP contribution in [0.2, 0.25) is 5.02 Å². The maximum Gasteiger partial charge on any atom is 0.271 e. The molecule has 39 heavy (non-hydrogen) atoms. The number of benzene rings is 2. The van der Waals surface area contributed by atoms with E-state index < -0.39 is 6.04 Å². The molecule has 6 rings (SSSR count). The van der Waals surface area contributed by atoms with Gasteiger partial charge in [0.15, 0.2) is 4.80 Å². The van der Waals surface area contributed by atoms with Gasteiger partial charge in [0, 0.05) is 22.2 Å². The number of nitrogens with zero attached hydrogens (tertiary/aromatic N) is 2. The van der Waals surface area contributed by atoms with E-state index in [1.165, 1.54) is 22.7 Å². The largest absolute Gasteiger partial charge is 0.457 e. The van der Waals surface area contributed by atoms with Gasteiger partial charge in [0.2, 0.25) is 0 Å². The fraction of sp³-hybridized carbons (Fsp3) is 0.100. The molecule has 0 fully saturated rings. The van der Waals surface area contributed by atoms with Gasteiger partial charge >= 0.3 is 0 Å². The molecule has 0 bridgehead atoms. The maximum atomic E-state index is 13.8. The highest BCUT2D eigenvalue weighted by Gasteiger charge is 2.33. The van der Waals surface area contributed by atoms with Gasteiger partial charge < -0.3 is 9.73 Å². The van der Waals surface area contributed by atoms with Crippen LogP contribution in [-0.4, -0.2) is 10.5 Å². The molecule has 0 aliphatic carbocycles. The quantitative estimate of drug-likeness (QED) is 0.275. The third-order valence-electron chi connectivity index (χ3n) is 6.51. The van der Waals surface area contributed by atoms with Gasteiger partial charge in [0.25, 0.3) is 11.5 Å². The van der Waals surface area contributed by atoms with Crippen molar-refractivity contribution in [3.63, 3.8) is 0 Å². The Kier molecular flexibility index (Phi) is 6.68. The number of fused-ring (bicyclic) bond motifs is 1. The second-order valence-corrected chi connectivity index (χ2v) is 11.4. The molecule has 3 aromatic heterocycles. The SMILES string of the molecule is CC1=C(C(=O)Nc2ccccc2C)[C@H](c2cccs2)n2c(s/c(=C/c3ccc(-c4ccccc4Cl)o3)c2=O)=N1. The average molecular weight is 572 g/mol. The summed E-state index contributed by atoms with van der Waals surface area (Å²) in [6, 6.07) is 21.9. The molecule has 1 atom stereocenters. The van der Waals surface area contributed by atoms with Gasteiger partial charge in [-0.25, -0.2) is 4.99 Å². The molecule has 0 saturated heterocycles. The smallest absolute Gasteiger partial charge is 0.271 e. The number of furan rings is 1. The number of rotatable bonds is 5. The average Bonchev–Trinajstić information content (AvgIpc) is 3.67. The summed E-state index contributed by atoms with van der Waals surface area (Å²) < 4.78 is 8.09. The Hall–Kier alpha value is -3.98. The molecule has 9 heteroatoms. The number of allylic oxidation sites excluding steroid dienone is 1. The number of amides is 1. The van der Waals surface area contributed by atoms with Gasteiger partial charge in [0.1, 0.15) is 17.6 Å². The highest BCUT2D eigenvalue weighted by atomic mass is 35.5. The van der Waals surface area contributed by atoms with Gasteiger partial charge in [-0.3, -0.25) is 14.2 Å². The molecule has 0 spiro atoms. The number of aromatic nitrogens is 1. The van der Waals surface area contributed by atoms with Crippen molar-refractivity contribution < 1.29 is 9.21 Å². The first kappa shape index (κ1) is 25.3. The van der Waals surface area contributed by atoms with E-state index in [-0.39, 0.29) is 11.5 Å². The van der Waals surface area contributed by atoms with Gasteiger partial charge in [-0.1, -0.05) is 59.3 Å². The summed E-state index contributed by atoms with van der Waals surface area (Å²) in [6.45, 7) is 3.75. The lowest BCUT2D eigenvalue weighted by atomic mass is 10.0. The standard InChI is InChI=1S/C30H22ClN3O3S2/c1-17-8-3-6-11-22(17)33-28(35)26-18(2)32-30-34(27(26)24-12-7-15-38-24)29(36)25(39-30)16-19-13-14-23(37-19)20-9-4-5-10-21(20)31/h3-16,27H,1-2H3,(H,33,35)/b25-16+/t27-/m0/s1. The zero-order chi connectivity index (χ0) is 27.1. The number of hydrogen-bond acceptors (Lipinski definition) is 6. The van der Waals surface area contributed by atoms with Crippen LogP contribution in [0.25, 0.3) is 17.4 Å². The number of carbonyl (C=O) groups is 1. The number of thiophene rings is 1. The molecule has 6 nitrogen and oxygen atoms in total. The first-order chi connectivity index (χ1) is 18.9. The van der Waals surface area contributed by atoms with E-state index in [0.717, 1.165) is 21.7 Å². The molecule has 0 radical (unpaired) electrons. The molecule has 5 aromatic rings. The third kappa shape index (κ3) is 4.71. The molecule has 1 amide bonds. The Balaban J connectivity index is 1.43. The molecule has 0 saturated carbocycles. The van der Waals surface area contributed by atoms with Crippen LogP contribution in [0, 0.1) is 6.92 Å². The van der Waals surface area contributed by atoms with Gasteiger partial charge in [-0.2, -0.15) is 0 Å². The van der Waals surface area contributed by atoms with Crippen LogP contribution in [0.3, 0.4) is 0 Å². The topological polar surface area (TPSA) is 76.6 Å². The van der Waals surface area contributed by atoms with E-state index in [4.69, 9.17) is 21.0 Å². The van der Waals surface area contributed by atoms with E-state index in [1.54, 1.807) is 22.8 Å². The van der Waals surface area contributed by atoms with Crippen LogP contribution in [0.5, 0.6) is 0 Å². The second kappa shape index (κ2) is 10.3. The fourth-order valence-corrected chi connectivity index (χ4v) is 6.68. The summed E-state index contributed by atoms with van der Waals surface area (Å²) in [5.74, 6) is 0.854. The lowest BCUT2D eigenvalue weighted by Gasteiger charge is -2.24. The number of para-hydroxylation sites is 1. The zero-order valence-corrected chi connectivity index (χ0v) is 23.4. The van der Waals surface area contributed by atoms with Crippen LogP contribution < -0.4 is 20.2 Å². The predicted molar refractivity (Wildman–Crippen MR) is 157 cm³/mol. The number of carbonyl (C=O) groups excluding carboxylic acids is 1. The lowest BCUT2D eigenvalue weighted by molar-refractivity contribution is -0.113. The number of aryl methyl sites for hydroxylation is 1. The monoisotopic (exact) mass is 571 g/mol. The Labute approximate surface area is 236 Å². The number of hydrogen-bond donors (Lipinski definition) is 1. The van der Waals surface area contributed by atoms with Gasteiger partial charge in [-0.05, 0) is 61.2 Å². The van der Waals surface area contributed by atoms with Crippen LogP contribution in [0.15, 0.2) is 104 Å². The Bertz CT molecular complexity index is 1930. The first-order valence-corrected chi connectivity index (χ1v) is 14.3. The summed E-state index contributed by atoms with van der Waals surface area (Å²) >= 11 is 9.10. The fourth-order valence-electron chi connectivity index (χ4n) is 4.60. The van der Waals surface area contributed by atoms with Crippen molar-refractivity contribution in [1.82, 2.24) is 4.57 Å². The molecule has 1 aliphatic rings. The predicted octanol–water partition coefficient (Wildman–Crippen LogP) is 6.16. The third-order valence-corrected chi connectivity index (χ3v) is 8.75. The zero-order valence-electron chi connectivity index (χ0n) is 21.0. The Morgan fingerprint density at radius 3 is 2.62 bits per heavy atom. The highest BCUT2D eigenvalue weighted by Crippen LogP contribution is 2.33. The molecule has 194 valence electrons. The van der Waals surface area contributed by atoms with Crippen molar-refractivity contribution in [2.75, 3.05) is 5.32 Å². The summed E-state index contributed by atoms with van der Waals surface area (Å²) in [6.07, 6.45) is 1.71. The Morgan fingerprint density at radius 2 is 1.85 bits per heavy atom. The van der Waals surface area contributed by atoms with Gasteiger partial charge in [0.05, 0.1) is 20.8 Å². The molecule has 0 unspecified atom stereocenters. The Morgan fingerprint density at radius 1 is 1.05 bits per heavy atom. The number of thiazole rings is 1. The van der Waals surface area contributed by atoms with Crippen LogP contribution in [0.1, 0.15) is 29.2 Å². The molecule has 1 N–H and O–H groups in total. The number of halogens is 1. The van der Waals surface area contributed by atoms with E-state index in [1.807, 2.05) is 79.9 Å². The van der Waals surface area contributed by atoms with E-state index >= 15 is 0 Å².